The number of rotatable bonds is 2. The van der Waals surface area contributed by atoms with Gasteiger partial charge in [0.2, 0.25) is 0 Å². The van der Waals surface area contributed by atoms with Gasteiger partial charge in [-0.3, -0.25) is 0 Å². The summed E-state index contributed by atoms with van der Waals surface area (Å²) in [6, 6.07) is 4.51. The van der Waals surface area contributed by atoms with Crippen LogP contribution in [0.2, 0.25) is 0 Å². The van der Waals surface area contributed by atoms with Gasteiger partial charge in [-0.1, -0.05) is 26.0 Å². The summed E-state index contributed by atoms with van der Waals surface area (Å²) in [5.41, 5.74) is 5.52. The van der Waals surface area contributed by atoms with E-state index < -0.39 is 0 Å². The Hall–Kier alpha value is -0.490. The Morgan fingerprint density at radius 3 is 1.86 bits per heavy atom. The molecule has 1 aromatic carbocycles. The van der Waals surface area contributed by atoms with E-state index in [2.05, 4.69) is 46.8 Å². The highest BCUT2D eigenvalue weighted by molar-refractivity contribution is 6.18. The number of hydrogen-bond donors (Lipinski definition) is 0. The topological polar surface area (TPSA) is 0 Å². The highest BCUT2D eigenvalue weighted by Crippen LogP contribution is 2.28. The molecule has 0 aliphatic heterocycles. The lowest BCUT2D eigenvalue weighted by molar-refractivity contribution is 0.596. The van der Waals surface area contributed by atoms with Crippen LogP contribution in [0.4, 0.5) is 0 Å². The molecule has 0 amide bonds. The van der Waals surface area contributed by atoms with Crippen LogP contribution in [0.25, 0.3) is 0 Å². The van der Waals surface area contributed by atoms with Crippen molar-refractivity contribution in [1.29, 1.82) is 0 Å². The quantitative estimate of drug-likeness (QED) is 0.644. The van der Waals surface area contributed by atoms with Crippen molar-refractivity contribution in [3.8, 4) is 0 Å². The highest BCUT2D eigenvalue weighted by atomic mass is 35.5. The first-order chi connectivity index (χ1) is 6.38. The summed E-state index contributed by atoms with van der Waals surface area (Å²) >= 11 is 5.97. The number of alkyl halides is 1. The van der Waals surface area contributed by atoms with Crippen molar-refractivity contribution in [2.24, 2.45) is 0 Å². The molecule has 0 unspecified atom stereocenters. The van der Waals surface area contributed by atoms with Crippen molar-refractivity contribution in [1.82, 2.24) is 0 Å². The van der Waals surface area contributed by atoms with Crippen LogP contribution in [-0.2, 0) is 5.41 Å². The maximum Gasteiger partial charge on any atom is 0.0315 e. The first-order valence-electron chi connectivity index (χ1n) is 5.03. The molecule has 1 aromatic rings. The summed E-state index contributed by atoms with van der Waals surface area (Å²) in [7, 11) is 0. The van der Waals surface area contributed by atoms with Gasteiger partial charge in [0.05, 0.1) is 0 Å². The standard InChI is InChI=1S/C13H19Cl/c1-9-6-12(13(4,5)8-14)7-10(2)11(9)3/h6-7H,8H2,1-5H3. The van der Waals surface area contributed by atoms with E-state index in [-0.39, 0.29) is 5.41 Å². The molecular weight excluding hydrogens is 192 g/mol. The van der Waals surface area contributed by atoms with E-state index in [1.54, 1.807) is 0 Å². The van der Waals surface area contributed by atoms with Crippen LogP contribution >= 0.6 is 11.6 Å². The van der Waals surface area contributed by atoms with Crippen LogP contribution in [0.1, 0.15) is 36.1 Å². The second-order valence-corrected chi connectivity index (χ2v) is 5.02. The normalized spacial score (nSPS) is 11.9. The molecular formula is C13H19Cl. The van der Waals surface area contributed by atoms with Gasteiger partial charge in [-0.15, -0.1) is 11.6 Å². The first-order valence-corrected chi connectivity index (χ1v) is 5.56. The summed E-state index contributed by atoms with van der Waals surface area (Å²) in [6.45, 7) is 10.9. The van der Waals surface area contributed by atoms with Crippen molar-refractivity contribution in [3.05, 3.63) is 34.4 Å². The molecule has 0 atom stereocenters. The van der Waals surface area contributed by atoms with Crippen molar-refractivity contribution in [2.45, 2.75) is 40.0 Å². The largest absolute Gasteiger partial charge is 0.126 e. The summed E-state index contributed by atoms with van der Waals surface area (Å²) in [6.07, 6.45) is 0. The van der Waals surface area contributed by atoms with Crippen LogP contribution in [0.5, 0.6) is 0 Å². The van der Waals surface area contributed by atoms with Gasteiger partial charge in [0.15, 0.2) is 0 Å². The fraction of sp³-hybridized carbons (Fsp3) is 0.538. The smallest absolute Gasteiger partial charge is 0.0315 e. The van der Waals surface area contributed by atoms with Crippen molar-refractivity contribution < 1.29 is 0 Å². The Bertz CT molecular complexity index is 314. The van der Waals surface area contributed by atoms with Gasteiger partial charge < -0.3 is 0 Å². The Kier molecular flexibility index (Phi) is 3.26. The van der Waals surface area contributed by atoms with E-state index in [9.17, 15) is 0 Å². The monoisotopic (exact) mass is 210 g/mol. The van der Waals surface area contributed by atoms with Crippen molar-refractivity contribution in [2.75, 3.05) is 5.88 Å². The van der Waals surface area contributed by atoms with Crippen molar-refractivity contribution >= 4 is 11.6 Å². The molecule has 1 rings (SSSR count). The van der Waals surface area contributed by atoms with Gasteiger partial charge in [-0.05, 0) is 43.0 Å². The fourth-order valence-electron chi connectivity index (χ4n) is 1.50. The minimum Gasteiger partial charge on any atom is -0.126 e. The molecule has 0 nitrogen and oxygen atoms in total. The molecule has 0 aliphatic carbocycles. The zero-order valence-electron chi connectivity index (χ0n) is 9.74. The molecule has 0 saturated carbocycles. The maximum absolute atomic E-state index is 5.97. The van der Waals surface area contributed by atoms with Crippen LogP contribution in [0, 0.1) is 20.8 Å². The molecule has 0 radical (unpaired) electrons. The lowest BCUT2D eigenvalue weighted by Crippen LogP contribution is -2.19. The van der Waals surface area contributed by atoms with E-state index in [0.717, 1.165) is 0 Å². The molecule has 0 bridgehead atoms. The Labute approximate surface area is 92.3 Å². The molecule has 0 N–H and O–H groups in total. The number of aryl methyl sites for hydroxylation is 2. The maximum atomic E-state index is 5.97. The van der Waals surface area contributed by atoms with Gasteiger partial charge in [-0.2, -0.15) is 0 Å². The van der Waals surface area contributed by atoms with Gasteiger partial charge in [0.1, 0.15) is 0 Å². The predicted octanol–water partition coefficient (Wildman–Crippen LogP) is 4.13. The number of hydrogen-bond acceptors (Lipinski definition) is 0. The van der Waals surface area contributed by atoms with Crippen LogP contribution in [0.3, 0.4) is 0 Å². The third kappa shape index (κ3) is 2.12. The minimum absolute atomic E-state index is 0.0742. The Morgan fingerprint density at radius 2 is 1.50 bits per heavy atom. The van der Waals surface area contributed by atoms with E-state index >= 15 is 0 Å². The SMILES string of the molecule is Cc1cc(C(C)(C)CCl)cc(C)c1C. The average molecular weight is 211 g/mol. The van der Waals surface area contributed by atoms with Crippen LogP contribution < -0.4 is 0 Å². The van der Waals surface area contributed by atoms with Gasteiger partial charge in [0, 0.05) is 11.3 Å². The molecule has 0 aromatic heterocycles. The Morgan fingerprint density at radius 1 is 1.07 bits per heavy atom. The summed E-state index contributed by atoms with van der Waals surface area (Å²) in [5, 5.41) is 0. The van der Waals surface area contributed by atoms with E-state index in [4.69, 9.17) is 11.6 Å². The van der Waals surface area contributed by atoms with Gasteiger partial charge >= 0.3 is 0 Å². The molecule has 1 heteroatoms. The molecule has 78 valence electrons. The number of halogens is 1. The average Bonchev–Trinajstić information content (AvgIpc) is 2.13. The molecule has 14 heavy (non-hydrogen) atoms. The summed E-state index contributed by atoms with van der Waals surface area (Å²) in [5.74, 6) is 0.662. The molecule has 0 saturated heterocycles. The van der Waals surface area contributed by atoms with Gasteiger partial charge in [-0.25, -0.2) is 0 Å². The minimum atomic E-state index is 0.0742. The lowest BCUT2D eigenvalue weighted by Gasteiger charge is -2.24. The van der Waals surface area contributed by atoms with Crippen LogP contribution in [0.15, 0.2) is 12.1 Å². The predicted molar refractivity (Wildman–Crippen MR) is 64.4 cm³/mol. The lowest BCUT2D eigenvalue weighted by atomic mass is 9.84. The van der Waals surface area contributed by atoms with Crippen LogP contribution in [-0.4, -0.2) is 5.88 Å². The Balaban J connectivity index is 3.26. The third-order valence-corrected chi connectivity index (χ3v) is 3.71. The number of benzene rings is 1. The van der Waals surface area contributed by atoms with E-state index in [1.807, 2.05) is 0 Å². The summed E-state index contributed by atoms with van der Waals surface area (Å²) < 4.78 is 0. The van der Waals surface area contributed by atoms with E-state index in [1.165, 1.54) is 22.3 Å². The van der Waals surface area contributed by atoms with Crippen molar-refractivity contribution in [3.63, 3.8) is 0 Å². The molecule has 0 spiro atoms. The van der Waals surface area contributed by atoms with Gasteiger partial charge in [0.25, 0.3) is 0 Å². The fourth-order valence-corrected chi connectivity index (χ4v) is 1.66. The second-order valence-electron chi connectivity index (χ2n) is 4.75. The highest BCUT2D eigenvalue weighted by Gasteiger charge is 2.20. The third-order valence-electron chi connectivity index (χ3n) is 3.04. The second kappa shape index (κ2) is 3.94. The zero-order chi connectivity index (χ0) is 10.9. The molecule has 0 aliphatic rings. The van der Waals surface area contributed by atoms with E-state index in [0.29, 0.717) is 5.88 Å². The molecule has 0 fully saturated rings. The first kappa shape index (κ1) is 11.6. The summed E-state index contributed by atoms with van der Waals surface area (Å²) in [4.78, 5) is 0. The zero-order valence-corrected chi connectivity index (χ0v) is 10.5. The molecule has 0 heterocycles.